The molecule has 0 radical (unpaired) electrons. The van der Waals surface area contributed by atoms with E-state index in [0.717, 1.165) is 35.1 Å². The minimum Gasteiger partial charge on any atom is -0.490 e. The normalized spacial score (nSPS) is 12.5. The van der Waals surface area contributed by atoms with Gasteiger partial charge in [-0.15, -0.1) is 0 Å². The Hall–Kier alpha value is -3.05. The number of hydrogen-bond acceptors (Lipinski definition) is 5. The van der Waals surface area contributed by atoms with Crippen LogP contribution in [-0.4, -0.2) is 29.4 Å². The highest BCUT2D eigenvalue weighted by Crippen LogP contribution is 2.31. The van der Waals surface area contributed by atoms with E-state index in [2.05, 4.69) is 18.7 Å². The van der Waals surface area contributed by atoms with E-state index in [4.69, 9.17) is 19.0 Å². The molecule has 1 unspecified atom stereocenters. The summed E-state index contributed by atoms with van der Waals surface area (Å²) in [6, 6.07) is 16.0. The second-order valence-electron chi connectivity index (χ2n) is 8.90. The van der Waals surface area contributed by atoms with Crippen molar-refractivity contribution in [3.63, 3.8) is 0 Å². The minimum absolute atomic E-state index is 0.165. The van der Waals surface area contributed by atoms with Crippen LogP contribution in [0.3, 0.4) is 0 Å². The van der Waals surface area contributed by atoms with E-state index in [9.17, 15) is 4.79 Å². The zero-order chi connectivity index (χ0) is 23.3. The predicted molar refractivity (Wildman–Crippen MR) is 127 cm³/mol. The van der Waals surface area contributed by atoms with Crippen molar-refractivity contribution in [3.05, 3.63) is 66.2 Å². The first-order chi connectivity index (χ1) is 15.2. The number of aliphatic hydroxyl groups is 1. The van der Waals surface area contributed by atoms with Gasteiger partial charge in [-0.1, -0.05) is 30.8 Å². The molecule has 32 heavy (non-hydrogen) atoms. The van der Waals surface area contributed by atoms with Crippen LogP contribution in [0.2, 0.25) is 0 Å². The number of carbonyl (C=O) groups excluding carboxylic acids is 1. The highest BCUT2D eigenvalue weighted by molar-refractivity contribution is 5.87. The molecule has 0 aliphatic rings. The van der Waals surface area contributed by atoms with Crippen LogP contribution in [0.1, 0.15) is 46.1 Å². The molecule has 0 amide bonds. The van der Waals surface area contributed by atoms with Gasteiger partial charge in [0.05, 0.1) is 6.10 Å². The van der Waals surface area contributed by atoms with Crippen LogP contribution < -0.4 is 4.74 Å². The fourth-order valence-corrected chi connectivity index (χ4v) is 3.69. The maximum Gasteiger partial charge on any atom is 0.333 e. The number of esters is 1. The van der Waals surface area contributed by atoms with Crippen LogP contribution in [0.25, 0.3) is 22.3 Å². The van der Waals surface area contributed by atoms with E-state index < -0.39 is 11.6 Å². The molecule has 0 bridgehead atoms. The van der Waals surface area contributed by atoms with Crippen LogP contribution in [-0.2, 0) is 16.0 Å². The second-order valence-corrected chi connectivity index (χ2v) is 8.90. The Morgan fingerprint density at radius 3 is 2.53 bits per heavy atom. The molecule has 0 saturated carbocycles. The molecule has 3 rings (SSSR count). The number of rotatable bonds is 10. The third-order valence-corrected chi connectivity index (χ3v) is 5.19. The van der Waals surface area contributed by atoms with Gasteiger partial charge in [0.2, 0.25) is 0 Å². The van der Waals surface area contributed by atoms with Crippen molar-refractivity contribution in [2.75, 3.05) is 6.61 Å². The van der Waals surface area contributed by atoms with Crippen LogP contribution in [0, 0.1) is 0 Å². The van der Waals surface area contributed by atoms with Crippen LogP contribution in [0.15, 0.2) is 65.1 Å². The molecule has 1 atom stereocenters. The zero-order valence-electron chi connectivity index (χ0n) is 19.3. The first-order valence-corrected chi connectivity index (χ1v) is 11.0. The van der Waals surface area contributed by atoms with E-state index in [-0.39, 0.29) is 12.7 Å². The molecule has 0 aliphatic carbocycles. The van der Waals surface area contributed by atoms with Crippen molar-refractivity contribution in [2.24, 2.45) is 0 Å². The van der Waals surface area contributed by atoms with Crippen LogP contribution in [0.5, 0.6) is 5.75 Å². The van der Waals surface area contributed by atoms with Crippen molar-refractivity contribution in [3.8, 4) is 17.1 Å². The van der Waals surface area contributed by atoms with Gasteiger partial charge in [0, 0.05) is 35.6 Å². The van der Waals surface area contributed by atoms with Gasteiger partial charge in [-0.25, -0.2) is 4.79 Å². The largest absolute Gasteiger partial charge is 0.490 e. The molecule has 2 aromatic carbocycles. The SMILES string of the molecule is C=C(C)C(=O)OC(C)(C)CC(C)Oc1ccc2cc(-c3ccc(CCCO)cc3)oc2c1. The lowest BCUT2D eigenvalue weighted by Gasteiger charge is -2.28. The third kappa shape index (κ3) is 6.24. The summed E-state index contributed by atoms with van der Waals surface area (Å²) in [6.07, 6.45) is 2.00. The summed E-state index contributed by atoms with van der Waals surface area (Å²) in [5.74, 6) is 1.10. The first kappa shape index (κ1) is 23.6. The quantitative estimate of drug-likeness (QED) is 0.308. The van der Waals surface area contributed by atoms with Crippen molar-refractivity contribution in [2.45, 2.75) is 58.7 Å². The summed E-state index contributed by atoms with van der Waals surface area (Å²) >= 11 is 0. The number of hydrogen-bond donors (Lipinski definition) is 1. The molecule has 1 aromatic heterocycles. The summed E-state index contributed by atoms with van der Waals surface area (Å²) < 4.78 is 17.7. The molecular formula is C27H32O5. The monoisotopic (exact) mass is 436 g/mol. The predicted octanol–water partition coefficient (Wildman–Crippen LogP) is 6.08. The van der Waals surface area contributed by atoms with Gasteiger partial charge in [-0.2, -0.15) is 0 Å². The zero-order valence-corrected chi connectivity index (χ0v) is 19.3. The highest BCUT2D eigenvalue weighted by Gasteiger charge is 2.26. The number of fused-ring (bicyclic) bond motifs is 1. The summed E-state index contributed by atoms with van der Waals surface area (Å²) in [5.41, 5.74) is 2.67. The molecule has 1 N–H and O–H groups in total. The van der Waals surface area contributed by atoms with Crippen molar-refractivity contribution in [1.29, 1.82) is 0 Å². The molecule has 170 valence electrons. The van der Waals surface area contributed by atoms with E-state index in [0.29, 0.717) is 17.7 Å². The van der Waals surface area contributed by atoms with Gasteiger partial charge in [0.15, 0.2) is 0 Å². The summed E-state index contributed by atoms with van der Waals surface area (Å²) in [7, 11) is 0. The molecule has 1 heterocycles. The topological polar surface area (TPSA) is 68.9 Å². The van der Waals surface area contributed by atoms with Gasteiger partial charge in [-0.3, -0.25) is 0 Å². The standard InChI is InChI=1S/C27H32O5/c1-18(2)26(29)32-27(4,5)17-19(3)30-23-13-12-22-15-24(31-25(22)16-23)21-10-8-20(9-11-21)7-6-14-28/h8-13,15-16,19,28H,1,6-7,14,17H2,2-5H3. The lowest BCUT2D eigenvalue weighted by Crippen LogP contribution is -2.33. The number of carbonyl (C=O) groups is 1. The molecule has 0 saturated heterocycles. The average molecular weight is 437 g/mol. The van der Waals surface area contributed by atoms with Gasteiger partial charge in [-0.05, 0) is 64.3 Å². The number of furan rings is 1. The average Bonchev–Trinajstić information content (AvgIpc) is 3.15. The van der Waals surface area contributed by atoms with Crippen molar-refractivity contribution in [1.82, 2.24) is 0 Å². The summed E-state index contributed by atoms with van der Waals surface area (Å²) in [6.45, 7) is 11.1. The Kier molecular flexibility index (Phi) is 7.41. The maximum absolute atomic E-state index is 11.8. The third-order valence-electron chi connectivity index (χ3n) is 5.19. The Labute approximate surface area is 189 Å². The highest BCUT2D eigenvalue weighted by atomic mass is 16.6. The van der Waals surface area contributed by atoms with E-state index in [1.807, 2.05) is 57.2 Å². The van der Waals surface area contributed by atoms with Gasteiger partial charge >= 0.3 is 5.97 Å². The molecule has 0 aliphatic heterocycles. The Bertz CT molecular complexity index is 1080. The molecule has 0 fully saturated rings. The lowest BCUT2D eigenvalue weighted by atomic mass is 10.0. The Morgan fingerprint density at radius 2 is 1.88 bits per heavy atom. The molecule has 5 nitrogen and oxygen atoms in total. The fourth-order valence-electron chi connectivity index (χ4n) is 3.69. The molecule has 5 heteroatoms. The lowest BCUT2D eigenvalue weighted by molar-refractivity contribution is -0.153. The van der Waals surface area contributed by atoms with Crippen LogP contribution in [0.4, 0.5) is 0 Å². The Balaban J connectivity index is 1.68. The first-order valence-electron chi connectivity index (χ1n) is 11.0. The molecule has 3 aromatic rings. The van der Waals surface area contributed by atoms with Gasteiger partial charge in [0.1, 0.15) is 22.7 Å². The smallest absolute Gasteiger partial charge is 0.333 e. The van der Waals surface area contributed by atoms with E-state index in [1.165, 1.54) is 5.56 Å². The molecule has 0 spiro atoms. The van der Waals surface area contributed by atoms with Crippen LogP contribution >= 0.6 is 0 Å². The molecular weight excluding hydrogens is 404 g/mol. The fraction of sp³-hybridized carbons (Fsp3) is 0.370. The maximum atomic E-state index is 11.8. The Morgan fingerprint density at radius 1 is 1.16 bits per heavy atom. The van der Waals surface area contributed by atoms with E-state index in [1.54, 1.807) is 6.92 Å². The second kappa shape index (κ2) is 10.0. The van der Waals surface area contributed by atoms with Crippen molar-refractivity contribution < 1.29 is 23.8 Å². The van der Waals surface area contributed by atoms with E-state index >= 15 is 0 Å². The number of ether oxygens (including phenoxy) is 2. The number of benzene rings is 2. The number of aryl methyl sites for hydroxylation is 1. The van der Waals surface area contributed by atoms with Gasteiger partial charge in [0.25, 0.3) is 0 Å². The summed E-state index contributed by atoms with van der Waals surface area (Å²) in [4.78, 5) is 11.8. The number of aliphatic hydroxyl groups excluding tert-OH is 1. The van der Waals surface area contributed by atoms with Crippen molar-refractivity contribution >= 4 is 16.9 Å². The minimum atomic E-state index is -0.666. The van der Waals surface area contributed by atoms with Gasteiger partial charge < -0.3 is 19.0 Å². The summed E-state index contributed by atoms with van der Waals surface area (Å²) in [5, 5.41) is 9.98.